The van der Waals surface area contributed by atoms with E-state index in [-0.39, 0.29) is 24.8 Å². The average molecular weight is 361 g/mol. The van der Waals surface area contributed by atoms with Crippen LogP contribution in [0, 0.1) is 5.92 Å². The van der Waals surface area contributed by atoms with E-state index in [1.165, 1.54) is 24.0 Å². The summed E-state index contributed by atoms with van der Waals surface area (Å²) in [6.07, 6.45) is 2.73. The molecule has 1 N–H and O–H groups in total. The molecule has 0 radical (unpaired) electrons. The van der Waals surface area contributed by atoms with Crippen molar-refractivity contribution in [3.8, 4) is 5.75 Å². The van der Waals surface area contributed by atoms with Crippen molar-refractivity contribution in [3.63, 3.8) is 0 Å². The Balaban J connectivity index is 0.00000132. The van der Waals surface area contributed by atoms with Crippen molar-refractivity contribution < 1.29 is 4.74 Å². The lowest BCUT2D eigenvalue weighted by Crippen LogP contribution is -2.45. The van der Waals surface area contributed by atoms with Crippen LogP contribution in [0.25, 0.3) is 0 Å². The molecule has 2 aliphatic rings. The first-order chi connectivity index (χ1) is 10.2. The van der Waals surface area contributed by atoms with Crippen LogP contribution in [0.3, 0.4) is 0 Å². The van der Waals surface area contributed by atoms with Gasteiger partial charge in [0.15, 0.2) is 0 Å². The minimum atomic E-state index is 0. The van der Waals surface area contributed by atoms with Crippen molar-refractivity contribution >= 4 is 24.8 Å². The Morgan fingerprint density at radius 3 is 2.30 bits per heavy atom. The Morgan fingerprint density at radius 2 is 1.78 bits per heavy atom. The summed E-state index contributed by atoms with van der Waals surface area (Å²) in [4.78, 5) is 2.66. The maximum atomic E-state index is 5.69. The molecule has 0 unspecified atom stereocenters. The standard InChI is InChI=1S/C18H28N2O.2ClH/c1-13(2)15-6-7-17(21-3)16(12-15)18(14-4-5-14)20-10-8-19-9-11-20;;/h6-7,12-14,18-19H,4-5,8-11H2,1-3H3;2*1H/t18-;;/m1../s1. The number of nitrogens with zero attached hydrogens (tertiary/aromatic N) is 1. The molecule has 132 valence electrons. The molecule has 0 bridgehead atoms. The van der Waals surface area contributed by atoms with E-state index >= 15 is 0 Å². The molecule has 5 heteroatoms. The van der Waals surface area contributed by atoms with Gasteiger partial charge < -0.3 is 10.1 Å². The number of ether oxygens (including phenoxy) is 1. The summed E-state index contributed by atoms with van der Waals surface area (Å²) in [6.45, 7) is 9.04. The summed E-state index contributed by atoms with van der Waals surface area (Å²) >= 11 is 0. The van der Waals surface area contributed by atoms with Crippen LogP contribution in [0.2, 0.25) is 0 Å². The normalized spacial score (nSPS) is 19.7. The Morgan fingerprint density at radius 1 is 1.13 bits per heavy atom. The largest absolute Gasteiger partial charge is 0.496 e. The fourth-order valence-corrected chi connectivity index (χ4v) is 3.46. The molecular formula is C18H30Cl2N2O. The molecule has 1 aliphatic carbocycles. The van der Waals surface area contributed by atoms with Gasteiger partial charge in [0.2, 0.25) is 0 Å². The monoisotopic (exact) mass is 360 g/mol. The summed E-state index contributed by atoms with van der Waals surface area (Å²) < 4.78 is 5.69. The van der Waals surface area contributed by atoms with Crippen LogP contribution in [0.1, 0.15) is 49.8 Å². The highest BCUT2D eigenvalue weighted by molar-refractivity contribution is 5.85. The van der Waals surface area contributed by atoms with Gasteiger partial charge in [0.25, 0.3) is 0 Å². The van der Waals surface area contributed by atoms with Gasteiger partial charge in [-0.25, -0.2) is 0 Å². The third kappa shape index (κ3) is 4.76. The Labute approximate surface area is 153 Å². The molecule has 1 aromatic rings. The number of benzene rings is 1. The van der Waals surface area contributed by atoms with E-state index in [4.69, 9.17) is 4.74 Å². The number of hydrogen-bond donors (Lipinski definition) is 1. The molecule has 1 heterocycles. The second-order valence-electron chi connectivity index (χ2n) is 6.72. The average Bonchev–Trinajstić information content (AvgIpc) is 3.33. The van der Waals surface area contributed by atoms with E-state index in [1.54, 1.807) is 7.11 Å². The first kappa shape index (κ1) is 20.6. The van der Waals surface area contributed by atoms with E-state index < -0.39 is 0 Å². The minimum Gasteiger partial charge on any atom is -0.496 e. The molecule has 0 spiro atoms. The molecule has 3 nitrogen and oxygen atoms in total. The van der Waals surface area contributed by atoms with Gasteiger partial charge in [-0.2, -0.15) is 0 Å². The molecule has 1 aliphatic heterocycles. The van der Waals surface area contributed by atoms with E-state index in [0.29, 0.717) is 12.0 Å². The highest BCUT2D eigenvalue weighted by atomic mass is 35.5. The molecule has 0 aromatic heterocycles. The van der Waals surface area contributed by atoms with Gasteiger partial charge >= 0.3 is 0 Å². The molecule has 1 aromatic carbocycles. The molecule has 3 rings (SSSR count). The highest BCUT2D eigenvalue weighted by Crippen LogP contribution is 2.47. The zero-order chi connectivity index (χ0) is 14.8. The molecule has 0 amide bonds. The predicted octanol–water partition coefficient (Wildman–Crippen LogP) is 4.02. The molecule has 2 fully saturated rings. The van der Waals surface area contributed by atoms with E-state index in [2.05, 4.69) is 42.3 Å². The van der Waals surface area contributed by atoms with Gasteiger partial charge in [0.05, 0.1) is 7.11 Å². The van der Waals surface area contributed by atoms with Crippen LogP contribution >= 0.6 is 24.8 Å². The number of halogens is 2. The van der Waals surface area contributed by atoms with Gasteiger partial charge in [-0.05, 0) is 36.3 Å². The van der Waals surface area contributed by atoms with Crippen LogP contribution in [0.15, 0.2) is 18.2 Å². The Bertz CT molecular complexity index is 486. The third-order valence-corrected chi connectivity index (χ3v) is 4.85. The van der Waals surface area contributed by atoms with Gasteiger partial charge in [0, 0.05) is 37.8 Å². The predicted molar refractivity (Wildman–Crippen MR) is 101 cm³/mol. The molecule has 1 saturated carbocycles. The molecule has 1 atom stereocenters. The maximum Gasteiger partial charge on any atom is 0.123 e. The fraction of sp³-hybridized carbons (Fsp3) is 0.667. The van der Waals surface area contributed by atoms with Crippen molar-refractivity contribution in [1.82, 2.24) is 10.2 Å². The first-order valence-electron chi connectivity index (χ1n) is 8.33. The topological polar surface area (TPSA) is 24.5 Å². The van der Waals surface area contributed by atoms with Gasteiger partial charge in [-0.15, -0.1) is 24.8 Å². The second kappa shape index (κ2) is 9.12. The quantitative estimate of drug-likeness (QED) is 0.857. The van der Waals surface area contributed by atoms with E-state index in [0.717, 1.165) is 37.8 Å². The Kier molecular flexibility index (Phi) is 8.15. The lowest BCUT2D eigenvalue weighted by Gasteiger charge is -2.36. The second-order valence-corrected chi connectivity index (χ2v) is 6.72. The van der Waals surface area contributed by atoms with Crippen LogP contribution in [-0.2, 0) is 0 Å². The number of nitrogens with one attached hydrogen (secondary N) is 1. The molecular weight excluding hydrogens is 331 g/mol. The number of rotatable bonds is 5. The van der Waals surface area contributed by atoms with Crippen LogP contribution in [-0.4, -0.2) is 38.2 Å². The van der Waals surface area contributed by atoms with Gasteiger partial charge in [0.1, 0.15) is 5.75 Å². The summed E-state index contributed by atoms with van der Waals surface area (Å²) in [6, 6.07) is 7.33. The Hall–Kier alpha value is -0.480. The lowest BCUT2D eigenvalue weighted by atomic mass is 9.93. The zero-order valence-electron chi connectivity index (χ0n) is 14.4. The zero-order valence-corrected chi connectivity index (χ0v) is 16.0. The smallest absolute Gasteiger partial charge is 0.123 e. The fourth-order valence-electron chi connectivity index (χ4n) is 3.46. The number of methoxy groups -OCH3 is 1. The van der Waals surface area contributed by atoms with Gasteiger partial charge in [-0.1, -0.05) is 26.0 Å². The summed E-state index contributed by atoms with van der Waals surface area (Å²) in [7, 11) is 1.80. The van der Waals surface area contributed by atoms with Gasteiger partial charge in [-0.3, -0.25) is 4.90 Å². The van der Waals surface area contributed by atoms with Crippen LogP contribution in [0.4, 0.5) is 0 Å². The highest BCUT2D eigenvalue weighted by Gasteiger charge is 2.38. The SMILES string of the molecule is COc1ccc(C(C)C)cc1[C@@H](C1CC1)N1CCNCC1.Cl.Cl. The van der Waals surface area contributed by atoms with E-state index in [1.807, 2.05) is 0 Å². The van der Waals surface area contributed by atoms with Crippen molar-refractivity contribution in [2.45, 2.75) is 38.6 Å². The van der Waals surface area contributed by atoms with Crippen LogP contribution in [0.5, 0.6) is 5.75 Å². The summed E-state index contributed by atoms with van der Waals surface area (Å²) in [5.41, 5.74) is 2.83. The number of piperazine rings is 1. The summed E-state index contributed by atoms with van der Waals surface area (Å²) in [5.74, 6) is 2.45. The minimum absolute atomic E-state index is 0. The number of hydrogen-bond acceptors (Lipinski definition) is 3. The van der Waals surface area contributed by atoms with Crippen molar-refractivity contribution in [1.29, 1.82) is 0 Å². The van der Waals surface area contributed by atoms with Crippen molar-refractivity contribution in [2.24, 2.45) is 5.92 Å². The van der Waals surface area contributed by atoms with Crippen molar-refractivity contribution in [2.75, 3.05) is 33.3 Å². The third-order valence-electron chi connectivity index (χ3n) is 4.85. The lowest BCUT2D eigenvalue weighted by molar-refractivity contribution is 0.153. The first-order valence-corrected chi connectivity index (χ1v) is 8.33. The summed E-state index contributed by atoms with van der Waals surface area (Å²) in [5, 5.41) is 3.47. The molecule has 23 heavy (non-hydrogen) atoms. The molecule has 1 saturated heterocycles. The van der Waals surface area contributed by atoms with Crippen molar-refractivity contribution in [3.05, 3.63) is 29.3 Å². The van der Waals surface area contributed by atoms with E-state index in [9.17, 15) is 0 Å². The van der Waals surface area contributed by atoms with Crippen LogP contribution < -0.4 is 10.1 Å². The maximum absolute atomic E-state index is 5.69.